The quantitative estimate of drug-likeness (QED) is 0.567. The Morgan fingerprint density at radius 3 is 2.35 bits per heavy atom. The van der Waals surface area contributed by atoms with Crippen molar-refractivity contribution >= 4 is 51.4 Å². The molecule has 3 aromatic rings. The zero-order valence-corrected chi connectivity index (χ0v) is 14.4. The number of hydrogen-bond donors (Lipinski definition) is 2. The molecule has 0 spiro atoms. The lowest BCUT2D eigenvalue weighted by Gasteiger charge is -2.15. The Kier molecular flexibility index (Phi) is 4.68. The molecule has 0 aliphatic heterocycles. The van der Waals surface area contributed by atoms with Crippen LogP contribution in [0.25, 0.3) is 10.9 Å². The van der Waals surface area contributed by atoms with Crippen LogP contribution in [0.5, 0.6) is 0 Å². The molecule has 0 fully saturated rings. The van der Waals surface area contributed by atoms with Crippen LogP contribution in [0.15, 0.2) is 42.6 Å². The summed E-state index contributed by atoms with van der Waals surface area (Å²) < 4.78 is 40.8. The first-order chi connectivity index (χ1) is 12.2. The Hall–Kier alpha value is -2.51. The molecule has 0 atom stereocenters. The number of pyridine rings is 1. The van der Waals surface area contributed by atoms with Crippen molar-refractivity contribution in [3.8, 4) is 0 Å². The Bertz CT molecular complexity index is 999. The topological polar surface area (TPSA) is 68.0 Å². The van der Waals surface area contributed by atoms with E-state index in [1.807, 2.05) is 0 Å². The lowest BCUT2D eigenvalue weighted by atomic mass is 10.0. The fourth-order valence-corrected chi connectivity index (χ4v) is 2.96. The van der Waals surface area contributed by atoms with Crippen LogP contribution in [0.3, 0.4) is 0 Å². The van der Waals surface area contributed by atoms with Gasteiger partial charge in [-0.25, -0.2) is 0 Å². The van der Waals surface area contributed by atoms with Crippen LogP contribution >= 0.6 is 23.2 Å². The molecule has 134 valence electrons. The van der Waals surface area contributed by atoms with Gasteiger partial charge >= 0.3 is 6.18 Å². The number of nitrogens with zero attached hydrogens (tertiary/aromatic N) is 1. The van der Waals surface area contributed by atoms with Crippen molar-refractivity contribution in [3.05, 3.63) is 63.8 Å². The molecule has 1 heterocycles. The largest absolute Gasteiger partial charge is 0.417 e. The molecule has 9 heteroatoms. The van der Waals surface area contributed by atoms with Crippen LogP contribution in [0.2, 0.25) is 10.0 Å². The van der Waals surface area contributed by atoms with Crippen molar-refractivity contribution in [2.75, 3.05) is 11.1 Å². The number of fused-ring (bicyclic) bond motifs is 1. The summed E-state index contributed by atoms with van der Waals surface area (Å²) in [4.78, 5) is 16.4. The minimum Gasteiger partial charge on any atom is -0.396 e. The maximum Gasteiger partial charge on any atom is 0.417 e. The predicted octanol–water partition coefficient (Wildman–Crippen LogP) is 5.39. The number of nitrogens with one attached hydrogen (secondary N) is 1. The number of benzene rings is 2. The molecule has 0 bridgehead atoms. The molecule has 26 heavy (non-hydrogen) atoms. The van der Waals surface area contributed by atoms with Gasteiger partial charge < -0.3 is 11.1 Å². The molecule has 3 N–H and O–H groups in total. The SMILES string of the molecule is Nc1c(Cl)cc(NC(=O)c2cnc3ccccc3c2C(F)(F)F)cc1Cl. The lowest BCUT2D eigenvalue weighted by molar-refractivity contribution is -0.136. The van der Waals surface area contributed by atoms with Crippen molar-refractivity contribution in [2.45, 2.75) is 6.18 Å². The van der Waals surface area contributed by atoms with E-state index in [1.54, 1.807) is 6.07 Å². The van der Waals surface area contributed by atoms with Gasteiger partial charge in [0.05, 0.1) is 32.4 Å². The third-order valence-electron chi connectivity index (χ3n) is 3.64. The summed E-state index contributed by atoms with van der Waals surface area (Å²) >= 11 is 11.8. The standard InChI is InChI=1S/C17H10Cl2F3N3O/c18-11-5-8(6-12(19)15(11)23)25-16(26)10-7-24-13-4-2-1-3-9(13)14(10)17(20,21)22/h1-7H,23H2,(H,25,26). The Balaban J connectivity index is 2.09. The van der Waals surface area contributed by atoms with Crippen LogP contribution in [-0.4, -0.2) is 10.9 Å². The smallest absolute Gasteiger partial charge is 0.396 e. The van der Waals surface area contributed by atoms with Gasteiger partial charge in [-0.3, -0.25) is 9.78 Å². The first-order valence-corrected chi connectivity index (χ1v) is 7.95. The van der Waals surface area contributed by atoms with Gasteiger partial charge in [0.1, 0.15) is 0 Å². The average molecular weight is 400 g/mol. The van der Waals surface area contributed by atoms with Gasteiger partial charge in [0.25, 0.3) is 5.91 Å². The highest BCUT2D eigenvalue weighted by molar-refractivity contribution is 6.39. The van der Waals surface area contributed by atoms with Crippen molar-refractivity contribution in [1.82, 2.24) is 4.98 Å². The van der Waals surface area contributed by atoms with E-state index >= 15 is 0 Å². The van der Waals surface area contributed by atoms with Gasteiger partial charge in [0.15, 0.2) is 0 Å². The number of anilines is 2. The van der Waals surface area contributed by atoms with E-state index in [9.17, 15) is 18.0 Å². The van der Waals surface area contributed by atoms with Crippen molar-refractivity contribution < 1.29 is 18.0 Å². The van der Waals surface area contributed by atoms with Crippen LogP contribution in [0.4, 0.5) is 24.5 Å². The Morgan fingerprint density at radius 2 is 1.73 bits per heavy atom. The maximum absolute atomic E-state index is 13.6. The van der Waals surface area contributed by atoms with Gasteiger partial charge in [0, 0.05) is 17.3 Å². The number of amides is 1. The first-order valence-electron chi connectivity index (χ1n) is 7.19. The summed E-state index contributed by atoms with van der Waals surface area (Å²) in [5.41, 5.74) is 4.28. The summed E-state index contributed by atoms with van der Waals surface area (Å²) in [6, 6.07) is 8.30. The fraction of sp³-hybridized carbons (Fsp3) is 0.0588. The Labute approximate surface area is 155 Å². The highest BCUT2D eigenvalue weighted by Gasteiger charge is 2.37. The van der Waals surface area contributed by atoms with E-state index in [0.717, 1.165) is 6.20 Å². The minimum absolute atomic E-state index is 0.0699. The van der Waals surface area contributed by atoms with Crippen LogP contribution in [0.1, 0.15) is 15.9 Å². The third kappa shape index (κ3) is 3.40. The highest BCUT2D eigenvalue weighted by Crippen LogP contribution is 2.37. The van der Waals surface area contributed by atoms with E-state index in [0.29, 0.717) is 0 Å². The van der Waals surface area contributed by atoms with Crippen LogP contribution < -0.4 is 11.1 Å². The normalized spacial score (nSPS) is 11.6. The summed E-state index contributed by atoms with van der Waals surface area (Å²) in [6.45, 7) is 0. The second-order valence-electron chi connectivity index (χ2n) is 5.37. The minimum atomic E-state index is -4.74. The number of hydrogen-bond acceptors (Lipinski definition) is 3. The van der Waals surface area contributed by atoms with Gasteiger partial charge in [-0.1, -0.05) is 41.4 Å². The molecule has 1 aromatic heterocycles. The van der Waals surface area contributed by atoms with Crippen molar-refractivity contribution in [3.63, 3.8) is 0 Å². The summed E-state index contributed by atoms with van der Waals surface area (Å²) in [5, 5.41) is 2.31. The monoisotopic (exact) mass is 399 g/mol. The Morgan fingerprint density at radius 1 is 1.12 bits per heavy atom. The molecule has 1 amide bonds. The molecular formula is C17H10Cl2F3N3O. The molecule has 0 radical (unpaired) electrons. The van der Waals surface area contributed by atoms with Gasteiger partial charge in [0.2, 0.25) is 0 Å². The molecule has 0 aliphatic rings. The van der Waals surface area contributed by atoms with Gasteiger partial charge in [-0.15, -0.1) is 0 Å². The first kappa shape index (κ1) is 18.3. The van der Waals surface area contributed by atoms with Crippen LogP contribution in [0, 0.1) is 0 Å². The molecule has 0 aliphatic carbocycles. The number of para-hydroxylation sites is 1. The van der Waals surface area contributed by atoms with Gasteiger partial charge in [-0.2, -0.15) is 13.2 Å². The van der Waals surface area contributed by atoms with E-state index < -0.39 is 23.2 Å². The lowest BCUT2D eigenvalue weighted by Crippen LogP contribution is -2.20. The number of carbonyl (C=O) groups excluding carboxylic acids is 1. The molecule has 0 unspecified atom stereocenters. The maximum atomic E-state index is 13.6. The van der Waals surface area contributed by atoms with Gasteiger partial charge in [-0.05, 0) is 18.2 Å². The molecule has 0 saturated heterocycles. The molecule has 4 nitrogen and oxygen atoms in total. The number of nitrogens with two attached hydrogens (primary N) is 1. The number of rotatable bonds is 2. The number of nitrogen functional groups attached to an aromatic ring is 1. The van der Waals surface area contributed by atoms with E-state index in [4.69, 9.17) is 28.9 Å². The molecule has 0 saturated carbocycles. The summed E-state index contributed by atoms with van der Waals surface area (Å²) in [5.74, 6) is -0.993. The number of aromatic nitrogens is 1. The van der Waals surface area contributed by atoms with E-state index in [2.05, 4.69) is 10.3 Å². The highest BCUT2D eigenvalue weighted by atomic mass is 35.5. The predicted molar refractivity (Wildman–Crippen MR) is 95.6 cm³/mol. The molecular weight excluding hydrogens is 390 g/mol. The average Bonchev–Trinajstić information content (AvgIpc) is 2.57. The van der Waals surface area contributed by atoms with Crippen LogP contribution in [-0.2, 0) is 6.18 Å². The molecule has 2 aromatic carbocycles. The fourth-order valence-electron chi connectivity index (χ4n) is 2.47. The second-order valence-corrected chi connectivity index (χ2v) is 6.18. The summed E-state index contributed by atoms with van der Waals surface area (Å²) in [6.07, 6.45) is -3.85. The third-order valence-corrected chi connectivity index (χ3v) is 4.27. The zero-order chi connectivity index (χ0) is 19.1. The van der Waals surface area contributed by atoms with Crippen molar-refractivity contribution in [1.29, 1.82) is 0 Å². The summed E-state index contributed by atoms with van der Waals surface area (Å²) in [7, 11) is 0. The van der Waals surface area contributed by atoms with E-state index in [1.165, 1.54) is 30.3 Å². The van der Waals surface area contributed by atoms with Crippen molar-refractivity contribution in [2.24, 2.45) is 0 Å². The van der Waals surface area contributed by atoms with E-state index in [-0.39, 0.29) is 32.3 Å². The number of carbonyl (C=O) groups is 1. The number of halogens is 5. The number of alkyl halides is 3. The second kappa shape index (κ2) is 6.66. The zero-order valence-electron chi connectivity index (χ0n) is 12.9. The molecule has 3 rings (SSSR count).